The molecule has 1 unspecified atom stereocenters. The summed E-state index contributed by atoms with van der Waals surface area (Å²) in [4.78, 5) is 0. The second kappa shape index (κ2) is 5.50. The summed E-state index contributed by atoms with van der Waals surface area (Å²) in [5, 5.41) is 3.47. The molecule has 1 N–H and O–H groups in total. The second-order valence-electron chi connectivity index (χ2n) is 4.93. The third-order valence-corrected chi connectivity index (χ3v) is 3.16. The van der Waals surface area contributed by atoms with E-state index >= 15 is 0 Å². The summed E-state index contributed by atoms with van der Waals surface area (Å²) in [7, 11) is 1.50. The Morgan fingerprint density at radius 2 is 2.24 bits per heavy atom. The van der Waals surface area contributed by atoms with Gasteiger partial charge in [-0.05, 0) is 43.4 Å². The van der Waals surface area contributed by atoms with Crippen LogP contribution >= 0.6 is 0 Å². The van der Waals surface area contributed by atoms with Gasteiger partial charge in [-0.3, -0.25) is 0 Å². The third kappa shape index (κ3) is 3.43. The molecule has 17 heavy (non-hydrogen) atoms. The van der Waals surface area contributed by atoms with Crippen molar-refractivity contribution in [3.63, 3.8) is 0 Å². The SMILES string of the molecule is COc1cccc(CC(C)CNC2CC2)c1F. The smallest absolute Gasteiger partial charge is 0.168 e. The predicted molar refractivity (Wildman–Crippen MR) is 66.8 cm³/mol. The van der Waals surface area contributed by atoms with Crippen LogP contribution in [-0.2, 0) is 6.42 Å². The van der Waals surface area contributed by atoms with E-state index in [1.807, 2.05) is 12.1 Å². The van der Waals surface area contributed by atoms with Gasteiger partial charge >= 0.3 is 0 Å². The van der Waals surface area contributed by atoms with Crippen LogP contribution in [0.3, 0.4) is 0 Å². The first kappa shape index (κ1) is 12.4. The Morgan fingerprint density at radius 1 is 1.47 bits per heavy atom. The first-order valence-electron chi connectivity index (χ1n) is 6.25. The molecule has 0 radical (unpaired) electrons. The molecule has 94 valence electrons. The number of benzene rings is 1. The fraction of sp³-hybridized carbons (Fsp3) is 0.571. The average molecular weight is 237 g/mol. The summed E-state index contributed by atoms with van der Waals surface area (Å²) in [5.74, 6) is 0.565. The van der Waals surface area contributed by atoms with Gasteiger partial charge in [0, 0.05) is 6.04 Å². The third-order valence-electron chi connectivity index (χ3n) is 3.16. The number of rotatable bonds is 6. The van der Waals surface area contributed by atoms with Crippen molar-refractivity contribution < 1.29 is 9.13 Å². The maximum Gasteiger partial charge on any atom is 0.168 e. The van der Waals surface area contributed by atoms with Gasteiger partial charge in [0.1, 0.15) is 0 Å². The van der Waals surface area contributed by atoms with Gasteiger partial charge in [0.05, 0.1) is 7.11 Å². The van der Waals surface area contributed by atoms with Gasteiger partial charge in [-0.1, -0.05) is 19.1 Å². The number of hydrogen-bond acceptors (Lipinski definition) is 2. The molecule has 0 aliphatic heterocycles. The molecule has 0 spiro atoms. The quantitative estimate of drug-likeness (QED) is 0.821. The molecule has 0 bridgehead atoms. The molecule has 0 saturated heterocycles. The number of ether oxygens (including phenoxy) is 1. The van der Waals surface area contributed by atoms with Crippen molar-refractivity contribution in [3.05, 3.63) is 29.6 Å². The molecule has 1 aromatic rings. The summed E-state index contributed by atoms with van der Waals surface area (Å²) in [6.07, 6.45) is 3.34. The van der Waals surface area contributed by atoms with Crippen molar-refractivity contribution >= 4 is 0 Å². The van der Waals surface area contributed by atoms with Crippen molar-refractivity contribution in [2.24, 2.45) is 5.92 Å². The van der Waals surface area contributed by atoms with E-state index in [0.29, 0.717) is 17.7 Å². The number of methoxy groups -OCH3 is 1. The summed E-state index contributed by atoms with van der Waals surface area (Å²) in [5.41, 5.74) is 0.745. The molecule has 0 amide bonds. The number of hydrogen-bond donors (Lipinski definition) is 1. The molecular formula is C14H20FNO. The zero-order valence-corrected chi connectivity index (χ0v) is 10.5. The molecule has 1 aliphatic rings. The van der Waals surface area contributed by atoms with Crippen LogP contribution in [0.2, 0.25) is 0 Å². The van der Waals surface area contributed by atoms with Crippen LogP contribution in [0.15, 0.2) is 18.2 Å². The highest BCUT2D eigenvalue weighted by molar-refractivity contribution is 5.31. The molecule has 1 aromatic carbocycles. The summed E-state index contributed by atoms with van der Waals surface area (Å²) < 4.78 is 18.9. The van der Waals surface area contributed by atoms with Crippen molar-refractivity contribution in [2.75, 3.05) is 13.7 Å². The molecule has 1 fully saturated rings. The molecule has 0 aromatic heterocycles. The lowest BCUT2D eigenvalue weighted by molar-refractivity contribution is 0.382. The Balaban J connectivity index is 1.91. The fourth-order valence-electron chi connectivity index (χ4n) is 1.97. The van der Waals surface area contributed by atoms with Crippen LogP contribution in [0.5, 0.6) is 5.75 Å². The van der Waals surface area contributed by atoms with E-state index in [4.69, 9.17) is 4.74 Å². The van der Waals surface area contributed by atoms with E-state index in [-0.39, 0.29) is 5.82 Å². The van der Waals surface area contributed by atoms with E-state index in [1.54, 1.807) is 6.07 Å². The van der Waals surface area contributed by atoms with E-state index in [2.05, 4.69) is 12.2 Å². The van der Waals surface area contributed by atoms with Gasteiger partial charge in [0.15, 0.2) is 11.6 Å². The van der Waals surface area contributed by atoms with Crippen LogP contribution in [0, 0.1) is 11.7 Å². The van der Waals surface area contributed by atoms with Gasteiger partial charge in [-0.15, -0.1) is 0 Å². The zero-order chi connectivity index (χ0) is 12.3. The molecule has 1 saturated carbocycles. The minimum Gasteiger partial charge on any atom is -0.494 e. The van der Waals surface area contributed by atoms with Gasteiger partial charge < -0.3 is 10.1 Å². The van der Waals surface area contributed by atoms with Gasteiger partial charge in [-0.2, -0.15) is 0 Å². The largest absolute Gasteiger partial charge is 0.494 e. The second-order valence-corrected chi connectivity index (χ2v) is 4.93. The van der Waals surface area contributed by atoms with Crippen LogP contribution < -0.4 is 10.1 Å². The first-order valence-corrected chi connectivity index (χ1v) is 6.25. The van der Waals surface area contributed by atoms with E-state index < -0.39 is 0 Å². The highest BCUT2D eigenvalue weighted by Gasteiger charge is 2.21. The van der Waals surface area contributed by atoms with Gasteiger partial charge in [0.2, 0.25) is 0 Å². The summed E-state index contributed by atoms with van der Waals surface area (Å²) in [6.45, 7) is 3.11. The van der Waals surface area contributed by atoms with Gasteiger partial charge in [0.25, 0.3) is 0 Å². The van der Waals surface area contributed by atoms with Crippen molar-refractivity contribution in [2.45, 2.75) is 32.2 Å². The maximum atomic E-state index is 13.9. The summed E-state index contributed by atoms with van der Waals surface area (Å²) >= 11 is 0. The van der Waals surface area contributed by atoms with Gasteiger partial charge in [-0.25, -0.2) is 4.39 Å². The first-order chi connectivity index (χ1) is 8.20. The topological polar surface area (TPSA) is 21.3 Å². The fourth-order valence-corrected chi connectivity index (χ4v) is 1.97. The molecule has 0 heterocycles. The minimum atomic E-state index is -0.215. The van der Waals surface area contributed by atoms with E-state index in [1.165, 1.54) is 20.0 Å². The highest BCUT2D eigenvalue weighted by atomic mass is 19.1. The average Bonchev–Trinajstić information content (AvgIpc) is 3.13. The Hall–Kier alpha value is -1.09. The Bertz CT molecular complexity index is 376. The molecule has 2 rings (SSSR count). The van der Waals surface area contributed by atoms with Crippen molar-refractivity contribution in [1.29, 1.82) is 0 Å². The molecular weight excluding hydrogens is 217 g/mol. The lowest BCUT2D eigenvalue weighted by atomic mass is 10.0. The lowest BCUT2D eigenvalue weighted by Gasteiger charge is -2.14. The van der Waals surface area contributed by atoms with Crippen LogP contribution in [0.25, 0.3) is 0 Å². The maximum absolute atomic E-state index is 13.9. The molecule has 1 atom stereocenters. The monoisotopic (exact) mass is 237 g/mol. The van der Waals surface area contributed by atoms with E-state index in [0.717, 1.165) is 18.5 Å². The standard InChI is InChI=1S/C14H20FNO/c1-10(9-16-12-6-7-12)8-11-4-3-5-13(17-2)14(11)15/h3-5,10,12,16H,6-9H2,1-2H3. The summed E-state index contributed by atoms with van der Waals surface area (Å²) in [6, 6.07) is 6.06. The van der Waals surface area contributed by atoms with Crippen LogP contribution in [0.4, 0.5) is 4.39 Å². The zero-order valence-electron chi connectivity index (χ0n) is 10.5. The Kier molecular flexibility index (Phi) is 4.00. The Morgan fingerprint density at radius 3 is 2.88 bits per heavy atom. The molecule has 2 nitrogen and oxygen atoms in total. The van der Waals surface area contributed by atoms with Crippen LogP contribution in [0.1, 0.15) is 25.3 Å². The lowest BCUT2D eigenvalue weighted by Crippen LogP contribution is -2.24. The molecule has 3 heteroatoms. The van der Waals surface area contributed by atoms with Crippen molar-refractivity contribution in [3.8, 4) is 5.75 Å². The highest BCUT2D eigenvalue weighted by Crippen LogP contribution is 2.23. The predicted octanol–water partition coefficient (Wildman–Crippen LogP) is 2.76. The minimum absolute atomic E-state index is 0.215. The number of halogens is 1. The number of nitrogens with one attached hydrogen (secondary N) is 1. The molecule has 1 aliphatic carbocycles. The Labute approximate surface area is 102 Å². The van der Waals surface area contributed by atoms with Crippen molar-refractivity contribution in [1.82, 2.24) is 5.32 Å². The van der Waals surface area contributed by atoms with Crippen LogP contribution in [-0.4, -0.2) is 19.7 Å². The normalized spacial score (nSPS) is 16.9. The van der Waals surface area contributed by atoms with E-state index in [9.17, 15) is 4.39 Å².